The van der Waals surface area contributed by atoms with Gasteiger partial charge in [0.1, 0.15) is 11.6 Å². The van der Waals surface area contributed by atoms with Crippen LogP contribution in [0.3, 0.4) is 0 Å². The second-order valence-electron chi connectivity index (χ2n) is 6.36. The lowest BCUT2D eigenvalue weighted by molar-refractivity contribution is -0.119. The van der Waals surface area contributed by atoms with Gasteiger partial charge in [-0.1, -0.05) is 13.8 Å². The Kier molecular flexibility index (Phi) is 6.65. The molecule has 0 bridgehead atoms. The van der Waals surface area contributed by atoms with Crippen molar-refractivity contribution in [3.8, 4) is 0 Å². The highest BCUT2D eigenvalue weighted by Gasteiger charge is 2.26. The van der Waals surface area contributed by atoms with Gasteiger partial charge in [0, 0.05) is 9.26 Å². The summed E-state index contributed by atoms with van der Waals surface area (Å²) in [6, 6.07) is 6.80. The smallest absolute Gasteiger partial charge is 0.408 e. The number of carbonyl (C=O) groups excluding carboxylic acids is 2. The van der Waals surface area contributed by atoms with Crippen molar-refractivity contribution >= 4 is 40.3 Å². The van der Waals surface area contributed by atoms with E-state index in [9.17, 15) is 9.59 Å². The summed E-state index contributed by atoms with van der Waals surface area (Å²) in [5.41, 5.74) is 0.0973. The third-order valence-electron chi connectivity index (χ3n) is 2.73. The fourth-order valence-corrected chi connectivity index (χ4v) is 2.08. The highest BCUT2D eigenvalue weighted by atomic mass is 127. The van der Waals surface area contributed by atoms with E-state index in [1.165, 1.54) is 0 Å². The van der Waals surface area contributed by atoms with Gasteiger partial charge in [-0.25, -0.2) is 4.79 Å². The monoisotopic (exact) mass is 418 g/mol. The van der Waals surface area contributed by atoms with Crippen LogP contribution < -0.4 is 10.6 Å². The molecule has 0 fully saturated rings. The van der Waals surface area contributed by atoms with Crippen LogP contribution in [-0.4, -0.2) is 23.6 Å². The maximum absolute atomic E-state index is 12.4. The maximum Gasteiger partial charge on any atom is 0.408 e. The predicted octanol–water partition coefficient (Wildman–Crippen LogP) is 3.78. The summed E-state index contributed by atoms with van der Waals surface area (Å²) in [5, 5.41) is 5.44. The van der Waals surface area contributed by atoms with Gasteiger partial charge < -0.3 is 15.4 Å². The lowest BCUT2D eigenvalue weighted by atomic mass is 10.0. The van der Waals surface area contributed by atoms with E-state index in [1.54, 1.807) is 20.8 Å². The Morgan fingerprint density at radius 3 is 2.14 bits per heavy atom. The first-order valence-corrected chi connectivity index (χ1v) is 8.22. The van der Waals surface area contributed by atoms with Crippen molar-refractivity contribution in [2.75, 3.05) is 5.32 Å². The number of ether oxygens (including phenoxy) is 1. The van der Waals surface area contributed by atoms with E-state index in [-0.39, 0.29) is 11.8 Å². The molecule has 0 aromatic heterocycles. The average Bonchev–Trinajstić information content (AvgIpc) is 2.36. The number of nitrogens with one attached hydrogen (secondary N) is 2. The van der Waals surface area contributed by atoms with Crippen molar-refractivity contribution in [3.63, 3.8) is 0 Å². The van der Waals surface area contributed by atoms with Gasteiger partial charge in [0.15, 0.2) is 0 Å². The van der Waals surface area contributed by atoms with E-state index in [1.807, 2.05) is 38.1 Å². The molecule has 2 N–H and O–H groups in total. The van der Waals surface area contributed by atoms with Gasteiger partial charge in [-0.05, 0) is 73.5 Å². The first-order chi connectivity index (χ1) is 10.1. The molecular weight excluding hydrogens is 395 g/mol. The molecule has 0 spiro atoms. The van der Waals surface area contributed by atoms with Gasteiger partial charge in [0.05, 0.1) is 0 Å². The number of hydrogen-bond donors (Lipinski definition) is 2. The van der Waals surface area contributed by atoms with Crippen molar-refractivity contribution in [1.29, 1.82) is 0 Å². The van der Waals surface area contributed by atoms with Crippen LogP contribution in [0.2, 0.25) is 0 Å². The van der Waals surface area contributed by atoms with Crippen LogP contribution in [0.25, 0.3) is 0 Å². The van der Waals surface area contributed by atoms with E-state index in [2.05, 4.69) is 33.2 Å². The van der Waals surface area contributed by atoms with Crippen LogP contribution in [-0.2, 0) is 9.53 Å². The number of amides is 2. The van der Waals surface area contributed by atoms with Crippen LogP contribution in [0.1, 0.15) is 34.6 Å². The van der Waals surface area contributed by atoms with Gasteiger partial charge in [0.25, 0.3) is 0 Å². The Balaban J connectivity index is 2.71. The molecule has 6 heteroatoms. The molecule has 0 aliphatic rings. The fourth-order valence-electron chi connectivity index (χ4n) is 1.72. The van der Waals surface area contributed by atoms with Crippen LogP contribution in [0, 0.1) is 9.49 Å². The van der Waals surface area contributed by atoms with Crippen LogP contribution in [0.15, 0.2) is 24.3 Å². The average molecular weight is 418 g/mol. The quantitative estimate of drug-likeness (QED) is 0.732. The van der Waals surface area contributed by atoms with Crippen molar-refractivity contribution in [1.82, 2.24) is 5.32 Å². The molecule has 0 saturated carbocycles. The van der Waals surface area contributed by atoms with Gasteiger partial charge in [0.2, 0.25) is 5.91 Å². The molecule has 0 unspecified atom stereocenters. The second-order valence-corrected chi connectivity index (χ2v) is 7.61. The number of benzene rings is 1. The lowest BCUT2D eigenvalue weighted by Crippen LogP contribution is -2.48. The molecule has 5 nitrogen and oxygen atoms in total. The molecule has 0 aliphatic carbocycles. The van der Waals surface area contributed by atoms with E-state index < -0.39 is 17.7 Å². The van der Waals surface area contributed by atoms with Gasteiger partial charge >= 0.3 is 6.09 Å². The zero-order valence-electron chi connectivity index (χ0n) is 13.6. The number of hydrogen-bond acceptors (Lipinski definition) is 3. The molecule has 22 heavy (non-hydrogen) atoms. The van der Waals surface area contributed by atoms with E-state index in [0.717, 1.165) is 3.57 Å². The summed E-state index contributed by atoms with van der Waals surface area (Å²) in [4.78, 5) is 24.2. The number of carbonyl (C=O) groups is 2. The Hall–Kier alpha value is -1.31. The molecule has 1 atom stereocenters. The minimum Gasteiger partial charge on any atom is -0.444 e. The van der Waals surface area contributed by atoms with Crippen molar-refractivity contribution in [3.05, 3.63) is 27.8 Å². The molecule has 0 saturated heterocycles. The number of alkyl carbamates (subject to hydrolysis) is 1. The minimum absolute atomic E-state index is 0.0589. The summed E-state index contributed by atoms with van der Waals surface area (Å²) in [7, 11) is 0. The topological polar surface area (TPSA) is 67.4 Å². The summed E-state index contributed by atoms with van der Waals surface area (Å²) in [6.45, 7) is 9.08. The zero-order valence-corrected chi connectivity index (χ0v) is 15.7. The van der Waals surface area contributed by atoms with Crippen molar-refractivity contribution < 1.29 is 14.3 Å². The Morgan fingerprint density at radius 1 is 1.14 bits per heavy atom. The largest absolute Gasteiger partial charge is 0.444 e. The standard InChI is InChI=1S/C16H23IN2O3/c1-10(2)13(19-15(21)22-16(3,4)5)14(20)18-12-8-6-11(17)7-9-12/h6-10,13H,1-5H3,(H,18,20)(H,19,21)/t13-/m0/s1. The summed E-state index contributed by atoms with van der Waals surface area (Å²) in [6.07, 6.45) is -0.594. The van der Waals surface area contributed by atoms with Crippen molar-refractivity contribution in [2.24, 2.45) is 5.92 Å². The van der Waals surface area contributed by atoms with E-state index >= 15 is 0 Å². The third kappa shape index (κ3) is 6.64. The highest BCUT2D eigenvalue weighted by molar-refractivity contribution is 14.1. The van der Waals surface area contributed by atoms with Gasteiger partial charge in [-0.2, -0.15) is 0 Å². The summed E-state index contributed by atoms with van der Waals surface area (Å²) >= 11 is 2.20. The normalized spacial score (nSPS) is 12.7. The number of halogens is 1. The first kappa shape index (κ1) is 18.7. The van der Waals surface area contributed by atoms with Crippen LogP contribution in [0.5, 0.6) is 0 Å². The summed E-state index contributed by atoms with van der Waals surface area (Å²) < 4.78 is 6.29. The fraction of sp³-hybridized carbons (Fsp3) is 0.500. The molecule has 1 rings (SSSR count). The van der Waals surface area contributed by atoms with Crippen LogP contribution >= 0.6 is 22.6 Å². The van der Waals surface area contributed by atoms with Crippen molar-refractivity contribution in [2.45, 2.75) is 46.3 Å². The zero-order chi connectivity index (χ0) is 16.9. The molecule has 0 aliphatic heterocycles. The Morgan fingerprint density at radius 2 is 1.68 bits per heavy atom. The Bertz CT molecular complexity index is 521. The maximum atomic E-state index is 12.4. The van der Waals surface area contributed by atoms with Gasteiger partial charge in [-0.3, -0.25) is 4.79 Å². The lowest BCUT2D eigenvalue weighted by Gasteiger charge is -2.25. The van der Waals surface area contributed by atoms with E-state index in [0.29, 0.717) is 5.69 Å². The first-order valence-electron chi connectivity index (χ1n) is 7.14. The summed E-state index contributed by atoms with van der Waals surface area (Å²) in [5.74, 6) is -0.321. The van der Waals surface area contributed by atoms with Crippen LogP contribution in [0.4, 0.5) is 10.5 Å². The van der Waals surface area contributed by atoms with Gasteiger partial charge in [-0.15, -0.1) is 0 Å². The number of anilines is 1. The second kappa shape index (κ2) is 7.80. The molecule has 1 aromatic carbocycles. The molecule has 0 radical (unpaired) electrons. The predicted molar refractivity (Wildman–Crippen MR) is 95.8 cm³/mol. The molecule has 0 heterocycles. The minimum atomic E-state index is -0.658. The molecule has 2 amide bonds. The van der Waals surface area contributed by atoms with E-state index in [4.69, 9.17) is 4.74 Å². The molecule has 1 aromatic rings. The Labute approximate surface area is 145 Å². The third-order valence-corrected chi connectivity index (χ3v) is 3.45. The SMILES string of the molecule is CC(C)[C@H](NC(=O)OC(C)(C)C)C(=O)Nc1ccc(I)cc1. The number of rotatable bonds is 4. The highest BCUT2D eigenvalue weighted by Crippen LogP contribution is 2.13. The molecular formula is C16H23IN2O3. The molecule has 122 valence electrons.